The smallest absolute Gasteiger partial charge is 0.308 e. The van der Waals surface area contributed by atoms with Crippen molar-refractivity contribution < 1.29 is 9.53 Å². The maximum Gasteiger partial charge on any atom is 0.308 e. The van der Waals surface area contributed by atoms with Gasteiger partial charge in [-0.2, -0.15) is 0 Å². The summed E-state index contributed by atoms with van der Waals surface area (Å²) >= 11 is 1.53. The Bertz CT molecular complexity index is 368. The van der Waals surface area contributed by atoms with Gasteiger partial charge < -0.3 is 4.74 Å². The van der Waals surface area contributed by atoms with Crippen molar-refractivity contribution in [2.75, 3.05) is 6.54 Å². The van der Waals surface area contributed by atoms with Gasteiger partial charge in [-0.15, -0.1) is 11.3 Å². The number of fused-ring (bicyclic) bond motifs is 1. The van der Waals surface area contributed by atoms with E-state index in [0.29, 0.717) is 5.06 Å². The maximum atomic E-state index is 10.7. The molecule has 0 aliphatic carbocycles. The molecule has 0 N–H and O–H groups in total. The van der Waals surface area contributed by atoms with E-state index in [1.54, 1.807) is 0 Å². The molecule has 1 aromatic rings. The second-order valence-corrected chi connectivity index (χ2v) is 3.92. The van der Waals surface area contributed by atoms with E-state index in [1.807, 2.05) is 12.3 Å². The van der Waals surface area contributed by atoms with Crippen molar-refractivity contribution in [2.45, 2.75) is 13.3 Å². The van der Waals surface area contributed by atoms with Crippen LogP contribution in [0.5, 0.6) is 5.06 Å². The Morgan fingerprint density at radius 3 is 3.23 bits per heavy atom. The Hall–Kier alpha value is -1.16. The van der Waals surface area contributed by atoms with E-state index in [0.717, 1.165) is 18.5 Å². The molecule has 1 aliphatic rings. The first-order valence-electron chi connectivity index (χ1n) is 4.06. The lowest BCUT2D eigenvalue weighted by molar-refractivity contribution is -0.131. The van der Waals surface area contributed by atoms with E-state index in [1.165, 1.54) is 23.1 Å². The number of hydrogen-bond donors (Lipinski definition) is 0. The molecule has 4 heteroatoms. The Kier molecular flexibility index (Phi) is 2.14. The zero-order valence-corrected chi connectivity index (χ0v) is 8.06. The first-order chi connectivity index (χ1) is 6.25. The van der Waals surface area contributed by atoms with Crippen LogP contribution in [0.3, 0.4) is 0 Å². The number of thiophene rings is 1. The number of esters is 1. The van der Waals surface area contributed by atoms with E-state index >= 15 is 0 Å². The summed E-state index contributed by atoms with van der Waals surface area (Å²) in [5.41, 5.74) is 1.09. The third-order valence-electron chi connectivity index (χ3n) is 1.76. The number of nitrogens with zero attached hydrogens (tertiary/aromatic N) is 1. The Morgan fingerprint density at radius 2 is 2.54 bits per heavy atom. The molecule has 0 unspecified atom stereocenters. The summed E-state index contributed by atoms with van der Waals surface area (Å²) in [6.07, 6.45) is 2.79. The lowest BCUT2D eigenvalue weighted by Crippen LogP contribution is -1.99. The summed E-state index contributed by atoms with van der Waals surface area (Å²) in [5.74, 6) is -0.268. The number of rotatable bonds is 1. The molecule has 2 rings (SSSR count). The standard InChI is InChI=1S/C9H9NO2S/c1-6(11)12-9-4-7-5-10-3-2-8(7)13-9/h4-5H,2-3H2,1H3. The molecule has 0 radical (unpaired) electrons. The third kappa shape index (κ3) is 1.78. The van der Waals surface area contributed by atoms with Gasteiger partial charge in [-0.05, 0) is 0 Å². The molecule has 0 atom stereocenters. The van der Waals surface area contributed by atoms with Gasteiger partial charge in [0.05, 0.1) is 0 Å². The average Bonchev–Trinajstić information content (AvgIpc) is 2.44. The van der Waals surface area contributed by atoms with Crippen LogP contribution in [0.4, 0.5) is 0 Å². The van der Waals surface area contributed by atoms with Crippen LogP contribution in [0, 0.1) is 0 Å². The topological polar surface area (TPSA) is 38.7 Å². The molecular weight excluding hydrogens is 186 g/mol. The van der Waals surface area contributed by atoms with Crippen molar-refractivity contribution in [3.63, 3.8) is 0 Å². The van der Waals surface area contributed by atoms with Gasteiger partial charge in [0, 0.05) is 42.6 Å². The van der Waals surface area contributed by atoms with Crippen LogP contribution in [0.2, 0.25) is 0 Å². The Morgan fingerprint density at radius 1 is 1.69 bits per heavy atom. The predicted octanol–water partition coefficient (Wildman–Crippen LogP) is 1.65. The Labute approximate surface area is 80.1 Å². The van der Waals surface area contributed by atoms with Gasteiger partial charge in [-0.1, -0.05) is 0 Å². The SMILES string of the molecule is CC(=O)Oc1cc2c(s1)CCN=C2. The van der Waals surface area contributed by atoms with Gasteiger partial charge >= 0.3 is 5.97 Å². The zero-order valence-electron chi connectivity index (χ0n) is 7.24. The second kappa shape index (κ2) is 3.30. The first-order valence-corrected chi connectivity index (χ1v) is 4.88. The quantitative estimate of drug-likeness (QED) is 0.639. The minimum atomic E-state index is -0.268. The maximum absolute atomic E-state index is 10.7. The summed E-state index contributed by atoms with van der Waals surface area (Å²) < 4.78 is 4.98. The molecular formula is C9H9NO2S. The molecule has 0 saturated heterocycles. The van der Waals surface area contributed by atoms with Gasteiger partial charge in [0.25, 0.3) is 0 Å². The van der Waals surface area contributed by atoms with Crippen molar-refractivity contribution in [3.8, 4) is 5.06 Å². The molecule has 0 saturated carbocycles. The molecule has 0 spiro atoms. The second-order valence-electron chi connectivity index (χ2n) is 2.82. The highest BCUT2D eigenvalue weighted by Crippen LogP contribution is 2.30. The molecule has 68 valence electrons. The van der Waals surface area contributed by atoms with Gasteiger partial charge in [0.15, 0.2) is 5.06 Å². The monoisotopic (exact) mass is 195 g/mol. The number of aliphatic imine (C=N–C) groups is 1. The fourth-order valence-electron chi connectivity index (χ4n) is 1.24. The van der Waals surface area contributed by atoms with Gasteiger partial charge in [-0.3, -0.25) is 9.79 Å². The molecule has 1 aromatic heterocycles. The summed E-state index contributed by atoms with van der Waals surface area (Å²) in [4.78, 5) is 16.1. The molecule has 0 amide bonds. The van der Waals surface area contributed by atoms with Crippen LogP contribution in [-0.2, 0) is 11.2 Å². The normalized spacial score (nSPS) is 13.9. The number of carbonyl (C=O) groups excluding carboxylic acids is 1. The molecule has 3 nitrogen and oxygen atoms in total. The predicted molar refractivity (Wildman–Crippen MR) is 51.8 cm³/mol. The van der Waals surface area contributed by atoms with Gasteiger partial charge in [-0.25, -0.2) is 0 Å². The van der Waals surface area contributed by atoms with E-state index in [2.05, 4.69) is 4.99 Å². The van der Waals surface area contributed by atoms with Crippen molar-refractivity contribution >= 4 is 23.5 Å². The van der Waals surface area contributed by atoms with Crippen molar-refractivity contribution in [2.24, 2.45) is 4.99 Å². The van der Waals surface area contributed by atoms with Crippen LogP contribution < -0.4 is 4.74 Å². The highest BCUT2D eigenvalue weighted by atomic mass is 32.1. The largest absolute Gasteiger partial charge is 0.416 e. The van der Waals surface area contributed by atoms with Gasteiger partial charge in [0.1, 0.15) is 0 Å². The van der Waals surface area contributed by atoms with Crippen LogP contribution in [0.25, 0.3) is 0 Å². The van der Waals surface area contributed by atoms with E-state index in [-0.39, 0.29) is 5.97 Å². The number of carbonyl (C=O) groups is 1. The first kappa shape index (κ1) is 8.44. The van der Waals surface area contributed by atoms with E-state index in [4.69, 9.17) is 4.74 Å². The lowest BCUT2D eigenvalue weighted by Gasteiger charge is -2.00. The molecule has 0 fully saturated rings. The van der Waals surface area contributed by atoms with Crippen LogP contribution in [0.15, 0.2) is 11.1 Å². The molecule has 0 bridgehead atoms. The molecule has 2 heterocycles. The summed E-state index contributed by atoms with van der Waals surface area (Å²) in [5, 5.41) is 0.672. The summed E-state index contributed by atoms with van der Waals surface area (Å²) in [6.45, 7) is 2.25. The van der Waals surface area contributed by atoms with Crippen LogP contribution in [0.1, 0.15) is 17.4 Å². The third-order valence-corrected chi connectivity index (χ3v) is 2.85. The van der Waals surface area contributed by atoms with Gasteiger partial charge in [0.2, 0.25) is 0 Å². The minimum absolute atomic E-state index is 0.268. The van der Waals surface area contributed by atoms with Crippen molar-refractivity contribution in [1.29, 1.82) is 0 Å². The average molecular weight is 195 g/mol. The van der Waals surface area contributed by atoms with E-state index in [9.17, 15) is 4.79 Å². The zero-order chi connectivity index (χ0) is 9.26. The summed E-state index contributed by atoms with van der Waals surface area (Å²) in [6, 6.07) is 1.87. The van der Waals surface area contributed by atoms with Crippen molar-refractivity contribution in [1.82, 2.24) is 0 Å². The lowest BCUT2D eigenvalue weighted by atomic mass is 10.2. The highest BCUT2D eigenvalue weighted by Gasteiger charge is 2.11. The number of hydrogen-bond acceptors (Lipinski definition) is 4. The highest BCUT2D eigenvalue weighted by molar-refractivity contribution is 7.14. The molecule has 1 aliphatic heterocycles. The minimum Gasteiger partial charge on any atom is -0.416 e. The number of ether oxygens (including phenoxy) is 1. The fourth-order valence-corrected chi connectivity index (χ4v) is 2.25. The van der Waals surface area contributed by atoms with Crippen molar-refractivity contribution in [3.05, 3.63) is 16.5 Å². The summed E-state index contributed by atoms with van der Waals surface area (Å²) in [7, 11) is 0. The molecule has 0 aromatic carbocycles. The van der Waals surface area contributed by atoms with E-state index < -0.39 is 0 Å². The van der Waals surface area contributed by atoms with Crippen LogP contribution in [-0.4, -0.2) is 18.7 Å². The fraction of sp³-hybridized carbons (Fsp3) is 0.333. The van der Waals surface area contributed by atoms with Crippen LogP contribution >= 0.6 is 11.3 Å². The Balaban J connectivity index is 2.26. The molecule has 13 heavy (non-hydrogen) atoms.